The molecule has 0 atom stereocenters. The lowest BCUT2D eigenvalue weighted by Gasteiger charge is -2.20. The number of amides is 1. The Morgan fingerprint density at radius 2 is 2.14 bits per heavy atom. The number of thiazole rings is 1. The van der Waals surface area contributed by atoms with Crippen LogP contribution in [0, 0.1) is 0 Å². The van der Waals surface area contributed by atoms with Gasteiger partial charge in [0.15, 0.2) is 5.13 Å². The first-order valence-electron chi connectivity index (χ1n) is 8.98. The minimum Gasteiger partial charge on any atom is -0.339 e. The molecule has 148 valence electrons. The summed E-state index contributed by atoms with van der Waals surface area (Å²) in [5.41, 5.74) is 0.644. The number of nitrogens with one attached hydrogen (secondary N) is 2. The number of aromatic nitrogens is 4. The summed E-state index contributed by atoms with van der Waals surface area (Å²) >= 11 is 1.56. The van der Waals surface area contributed by atoms with Crippen molar-refractivity contribution in [2.75, 3.05) is 18.4 Å². The van der Waals surface area contributed by atoms with Gasteiger partial charge in [-0.2, -0.15) is 4.98 Å². The maximum absolute atomic E-state index is 12.2. The quantitative estimate of drug-likeness (QED) is 0.631. The molecule has 1 fully saturated rings. The molecule has 4 heterocycles. The molecule has 1 aliphatic heterocycles. The van der Waals surface area contributed by atoms with Gasteiger partial charge in [0.1, 0.15) is 5.69 Å². The molecular formula is C18H21ClN6O2S. The van der Waals surface area contributed by atoms with Crippen molar-refractivity contribution in [3.05, 3.63) is 41.4 Å². The highest BCUT2D eigenvalue weighted by molar-refractivity contribution is 7.15. The van der Waals surface area contributed by atoms with Gasteiger partial charge in [-0.1, -0.05) is 11.2 Å². The lowest BCUT2D eigenvalue weighted by Crippen LogP contribution is -2.26. The van der Waals surface area contributed by atoms with Gasteiger partial charge in [-0.3, -0.25) is 9.78 Å². The first kappa shape index (κ1) is 20.4. The van der Waals surface area contributed by atoms with Crippen molar-refractivity contribution in [1.82, 2.24) is 25.4 Å². The zero-order valence-electron chi connectivity index (χ0n) is 15.1. The second-order valence-corrected chi connectivity index (χ2v) is 7.43. The van der Waals surface area contributed by atoms with Gasteiger partial charge in [0.05, 0.1) is 0 Å². The summed E-state index contributed by atoms with van der Waals surface area (Å²) < 4.78 is 5.20. The van der Waals surface area contributed by atoms with Crippen LogP contribution in [-0.2, 0) is 11.2 Å². The number of piperidine rings is 1. The van der Waals surface area contributed by atoms with E-state index in [2.05, 4.69) is 30.7 Å². The molecule has 1 aliphatic rings. The van der Waals surface area contributed by atoms with E-state index in [4.69, 9.17) is 4.52 Å². The number of anilines is 1. The molecule has 0 aromatic carbocycles. The Bertz CT molecular complexity index is 894. The number of rotatable bonds is 6. The van der Waals surface area contributed by atoms with Crippen LogP contribution in [0.25, 0.3) is 11.5 Å². The summed E-state index contributed by atoms with van der Waals surface area (Å²) in [6, 6.07) is 5.49. The van der Waals surface area contributed by atoms with Crippen molar-refractivity contribution in [1.29, 1.82) is 0 Å². The highest BCUT2D eigenvalue weighted by Gasteiger charge is 2.18. The van der Waals surface area contributed by atoms with Crippen LogP contribution >= 0.6 is 23.7 Å². The number of carbonyl (C=O) groups excluding carboxylic acids is 1. The van der Waals surface area contributed by atoms with Crippen molar-refractivity contribution in [2.45, 2.75) is 31.6 Å². The average molecular weight is 421 g/mol. The molecule has 10 heteroatoms. The monoisotopic (exact) mass is 420 g/mol. The molecule has 0 bridgehead atoms. The van der Waals surface area contributed by atoms with E-state index in [0.29, 0.717) is 34.9 Å². The fraction of sp³-hybridized carbons (Fsp3) is 0.389. The zero-order valence-corrected chi connectivity index (χ0v) is 16.8. The van der Waals surface area contributed by atoms with Crippen LogP contribution < -0.4 is 10.6 Å². The van der Waals surface area contributed by atoms with Gasteiger partial charge in [-0.25, -0.2) is 4.98 Å². The zero-order chi connectivity index (χ0) is 18.5. The number of halogens is 1. The topological polar surface area (TPSA) is 106 Å². The van der Waals surface area contributed by atoms with E-state index in [1.165, 1.54) is 4.88 Å². The summed E-state index contributed by atoms with van der Waals surface area (Å²) in [5.74, 6) is 1.27. The first-order chi connectivity index (χ1) is 13.3. The van der Waals surface area contributed by atoms with Crippen LogP contribution in [0.3, 0.4) is 0 Å². The Labute approximate surface area is 172 Å². The molecule has 3 aromatic heterocycles. The molecule has 0 aliphatic carbocycles. The molecule has 2 N–H and O–H groups in total. The lowest BCUT2D eigenvalue weighted by molar-refractivity contribution is -0.116. The molecule has 4 rings (SSSR count). The van der Waals surface area contributed by atoms with Crippen molar-refractivity contribution in [3.8, 4) is 11.5 Å². The minimum atomic E-state index is -0.112. The molecule has 1 amide bonds. The van der Waals surface area contributed by atoms with E-state index >= 15 is 0 Å². The van der Waals surface area contributed by atoms with Crippen LogP contribution in [0.4, 0.5) is 5.13 Å². The van der Waals surface area contributed by atoms with Gasteiger partial charge in [-0.15, -0.1) is 23.7 Å². The smallest absolute Gasteiger partial charge is 0.227 e. The van der Waals surface area contributed by atoms with E-state index in [1.54, 1.807) is 17.5 Å². The maximum atomic E-state index is 12.2. The van der Waals surface area contributed by atoms with E-state index in [1.807, 2.05) is 24.4 Å². The molecule has 0 saturated carbocycles. The van der Waals surface area contributed by atoms with E-state index in [0.717, 1.165) is 25.9 Å². The molecule has 0 unspecified atom stereocenters. The van der Waals surface area contributed by atoms with Crippen LogP contribution in [0.15, 0.2) is 35.1 Å². The molecule has 1 saturated heterocycles. The second kappa shape index (κ2) is 9.72. The van der Waals surface area contributed by atoms with Crippen LogP contribution in [0.2, 0.25) is 0 Å². The minimum absolute atomic E-state index is 0. The van der Waals surface area contributed by atoms with Gasteiger partial charge in [-0.05, 0) is 44.0 Å². The number of hydrogen-bond donors (Lipinski definition) is 2. The SMILES string of the molecule is Cl.O=C(CCc1nc(-c2ccccn2)no1)Nc1ncc(C2CCNCC2)s1. The Kier molecular flexibility index (Phi) is 7.07. The fourth-order valence-corrected chi connectivity index (χ4v) is 4.00. The normalized spacial score (nSPS) is 14.4. The third kappa shape index (κ3) is 5.12. The highest BCUT2D eigenvalue weighted by Crippen LogP contribution is 2.31. The Balaban J connectivity index is 0.00000225. The van der Waals surface area contributed by atoms with Crippen LogP contribution in [0.5, 0.6) is 0 Å². The molecule has 3 aromatic rings. The lowest BCUT2D eigenvalue weighted by atomic mass is 9.97. The number of aryl methyl sites for hydroxylation is 1. The summed E-state index contributed by atoms with van der Waals surface area (Å²) in [5, 5.41) is 10.8. The summed E-state index contributed by atoms with van der Waals surface area (Å²) in [6.45, 7) is 2.07. The maximum Gasteiger partial charge on any atom is 0.227 e. The van der Waals surface area contributed by atoms with Crippen molar-refractivity contribution in [3.63, 3.8) is 0 Å². The van der Waals surface area contributed by atoms with Gasteiger partial charge >= 0.3 is 0 Å². The molecule has 0 spiro atoms. The van der Waals surface area contributed by atoms with Crippen LogP contribution in [-0.4, -0.2) is 39.1 Å². The average Bonchev–Trinajstić information content (AvgIpc) is 3.37. The van der Waals surface area contributed by atoms with E-state index in [9.17, 15) is 4.79 Å². The summed E-state index contributed by atoms with van der Waals surface area (Å²) in [4.78, 5) is 26.2. The third-order valence-electron chi connectivity index (χ3n) is 4.44. The van der Waals surface area contributed by atoms with Crippen molar-refractivity contribution >= 4 is 34.8 Å². The third-order valence-corrected chi connectivity index (χ3v) is 5.51. The molecular weight excluding hydrogens is 400 g/mol. The number of hydrogen-bond acceptors (Lipinski definition) is 8. The van der Waals surface area contributed by atoms with E-state index in [-0.39, 0.29) is 24.7 Å². The largest absolute Gasteiger partial charge is 0.339 e. The molecule has 8 nitrogen and oxygen atoms in total. The standard InChI is InChI=1S/C18H20N6O2S.ClH/c25-15(22-18-21-11-14(27-18)12-6-9-19-10-7-12)4-5-16-23-17(24-26-16)13-3-1-2-8-20-13;/h1-3,8,11-12,19H,4-7,9-10H2,(H,21,22,25);1H. The Morgan fingerprint density at radius 1 is 1.29 bits per heavy atom. The van der Waals surface area contributed by atoms with Crippen LogP contribution in [0.1, 0.15) is 35.9 Å². The highest BCUT2D eigenvalue weighted by atomic mass is 35.5. The summed E-state index contributed by atoms with van der Waals surface area (Å²) in [6.07, 6.45) is 6.42. The molecule has 0 radical (unpaired) electrons. The summed E-state index contributed by atoms with van der Waals surface area (Å²) in [7, 11) is 0. The second-order valence-electron chi connectivity index (χ2n) is 6.37. The predicted molar refractivity (Wildman–Crippen MR) is 109 cm³/mol. The predicted octanol–water partition coefficient (Wildman–Crippen LogP) is 3.05. The van der Waals surface area contributed by atoms with E-state index < -0.39 is 0 Å². The molecule has 28 heavy (non-hydrogen) atoms. The number of pyridine rings is 1. The Hall–Kier alpha value is -2.36. The first-order valence-corrected chi connectivity index (χ1v) is 9.80. The number of carbonyl (C=O) groups is 1. The van der Waals surface area contributed by atoms with Crippen molar-refractivity contribution in [2.24, 2.45) is 0 Å². The number of nitrogens with zero attached hydrogens (tertiary/aromatic N) is 4. The van der Waals surface area contributed by atoms with Gasteiger partial charge in [0, 0.05) is 30.1 Å². The van der Waals surface area contributed by atoms with Crippen molar-refractivity contribution < 1.29 is 9.32 Å². The fourth-order valence-electron chi connectivity index (χ4n) is 3.00. The van der Waals surface area contributed by atoms with Gasteiger partial charge in [0.25, 0.3) is 0 Å². The van der Waals surface area contributed by atoms with Gasteiger partial charge in [0.2, 0.25) is 17.6 Å². The Morgan fingerprint density at radius 3 is 2.93 bits per heavy atom. The van der Waals surface area contributed by atoms with Gasteiger partial charge < -0.3 is 15.2 Å².